The summed E-state index contributed by atoms with van der Waals surface area (Å²) >= 11 is 6.14. The van der Waals surface area contributed by atoms with Crippen LogP contribution in [0.1, 0.15) is 5.56 Å². The van der Waals surface area contributed by atoms with Gasteiger partial charge in [-0.15, -0.1) is 5.10 Å². The Morgan fingerprint density at radius 2 is 1.96 bits per heavy atom. The zero-order chi connectivity index (χ0) is 17.4. The summed E-state index contributed by atoms with van der Waals surface area (Å²) in [6.45, 7) is 0. The summed E-state index contributed by atoms with van der Waals surface area (Å²) in [6.07, 6.45) is 1.99. The van der Waals surface area contributed by atoms with Gasteiger partial charge in [-0.25, -0.2) is 4.98 Å². The molecule has 4 aromatic rings. The molecule has 122 valence electrons. The molecule has 0 spiro atoms. The SMILES string of the molecule is N=N/N=C(\N)c1ccc2c(c1)nc(-c1cccc(Cl)c1)c1cccn12. The van der Waals surface area contributed by atoms with Gasteiger partial charge in [0.25, 0.3) is 0 Å². The summed E-state index contributed by atoms with van der Waals surface area (Å²) in [5.74, 6) is 0.176. The number of amidine groups is 1. The molecule has 4 rings (SSSR count). The highest BCUT2D eigenvalue weighted by Crippen LogP contribution is 2.29. The monoisotopic (exact) mass is 348 g/mol. The van der Waals surface area contributed by atoms with Crippen LogP contribution in [0, 0.1) is 5.53 Å². The van der Waals surface area contributed by atoms with E-state index in [1.54, 1.807) is 0 Å². The van der Waals surface area contributed by atoms with Gasteiger partial charge in [-0.1, -0.05) is 29.0 Å². The minimum atomic E-state index is 0.176. The van der Waals surface area contributed by atoms with Crippen molar-refractivity contribution < 1.29 is 0 Å². The second-order valence-electron chi connectivity index (χ2n) is 5.52. The van der Waals surface area contributed by atoms with Gasteiger partial charge in [0, 0.05) is 22.3 Å². The maximum Gasteiger partial charge on any atom is 0.155 e. The van der Waals surface area contributed by atoms with Crippen molar-refractivity contribution in [1.29, 1.82) is 5.53 Å². The molecule has 0 saturated carbocycles. The summed E-state index contributed by atoms with van der Waals surface area (Å²) in [5, 5.41) is 7.22. The Labute approximate surface area is 148 Å². The van der Waals surface area contributed by atoms with Gasteiger partial charge in [-0.05, 0) is 42.5 Å². The fourth-order valence-electron chi connectivity index (χ4n) is 2.90. The standard InChI is InChI=1S/C18H13ClN6/c19-13-4-1-3-11(9-13)17-16-5-2-8-25(16)15-7-6-12(10-14(15)22-17)18(20)23-24-21/h1-10H,(H3,20,21,23). The minimum absolute atomic E-state index is 0.176. The van der Waals surface area contributed by atoms with Crippen molar-refractivity contribution in [3.63, 3.8) is 0 Å². The molecule has 7 heteroatoms. The summed E-state index contributed by atoms with van der Waals surface area (Å²) in [6, 6.07) is 17.2. The third-order valence-electron chi connectivity index (χ3n) is 4.01. The smallest absolute Gasteiger partial charge is 0.155 e. The van der Waals surface area contributed by atoms with E-state index in [1.165, 1.54) is 0 Å². The highest BCUT2D eigenvalue weighted by molar-refractivity contribution is 6.30. The molecule has 3 N–H and O–H groups in total. The fourth-order valence-corrected chi connectivity index (χ4v) is 3.09. The third-order valence-corrected chi connectivity index (χ3v) is 4.25. The molecular formula is C18H13ClN6. The van der Waals surface area contributed by atoms with Crippen LogP contribution >= 0.6 is 11.6 Å². The normalized spacial score (nSPS) is 12.0. The summed E-state index contributed by atoms with van der Waals surface area (Å²) < 4.78 is 2.07. The number of nitrogens with one attached hydrogen (secondary N) is 1. The first-order valence-corrected chi connectivity index (χ1v) is 7.92. The number of hydrogen-bond acceptors (Lipinski definition) is 3. The Bertz CT molecular complexity index is 1140. The van der Waals surface area contributed by atoms with E-state index < -0.39 is 0 Å². The second-order valence-corrected chi connectivity index (χ2v) is 5.96. The molecule has 0 radical (unpaired) electrons. The van der Waals surface area contributed by atoms with E-state index >= 15 is 0 Å². The Hall–Kier alpha value is -3.25. The molecule has 0 aliphatic rings. The van der Waals surface area contributed by atoms with Gasteiger partial charge in [0.1, 0.15) is 0 Å². The molecule has 0 unspecified atom stereocenters. The highest BCUT2D eigenvalue weighted by Gasteiger charge is 2.11. The van der Waals surface area contributed by atoms with Gasteiger partial charge >= 0.3 is 0 Å². The van der Waals surface area contributed by atoms with Gasteiger partial charge in [0.05, 0.1) is 22.2 Å². The van der Waals surface area contributed by atoms with Crippen molar-refractivity contribution in [1.82, 2.24) is 9.38 Å². The molecule has 25 heavy (non-hydrogen) atoms. The number of aromatic nitrogens is 2. The summed E-state index contributed by atoms with van der Waals surface area (Å²) in [5.41, 5.74) is 17.8. The lowest BCUT2D eigenvalue weighted by molar-refractivity contribution is 0.986. The van der Waals surface area contributed by atoms with Gasteiger partial charge in [0.2, 0.25) is 0 Å². The quantitative estimate of drug-likeness (QED) is 0.247. The Kier molecular flexibility index (Phi) is 3.66. The number of rotatable bonds is 3. The first kappa shape index (κ1) is 15.3. The van der Waals surface area contributed by atoms with Gasteiger partial charge in [0.15, 0.2) is 5.84 Å². The average Bonchev–Trinajstić information content (AvgIpc) is 3.10. The summed E-state index contributed by atoms with van der Waals surface area (Å²) in [7, 11) is 0. The van der Waals surface area contributed by atoms with E-state index in [-0.39, 0.29) is 5.84 Å². The maximum atomic E-state index is 6.82. The van der Waals surface area contributed by atoms with Gasteiger partial charge < -0.3 is 10.1 Å². The van der Waals surface area contributed by atoms with Crippen molar-refractivity contribution in [2.24, 2.45) is 16.1 Å². The van der Waals surface area contributed by atoms with Crippen LogP contribution in [0.3, 0.4) is 0 Å². The molecular weight excluding hydrogens is 336 g/mol. The zero-order valence-corrected chi connectivity index (χ0v) is 13.8. The van der Waals surface area contributed by atoms with Crippen molar-refractivity contribution in [2.75, 3.05) is 0 Å². The van der Waals surface area contributed by atoms with E-state index in [1.807, 2.05) is 60.8 Å². The molecule has 2 aromatic heterocycles. The average molecular weight is 349 g/mol. The van der Waals surface area contributed by atoms with E-state index in [2.05, 4.69) is 14.7 Å². The third kappa shape index (κ3) is 2.62. The molecule has 2 heterocycles. The van der Waals surface area contributed by atoms with Crippen LogP contribution in [0.25, 0.3) is 27.8 Å². The molecule has 2 aromatic carbocycles. The van der Waals surface area contributed by atoms with Crippen LogP contribution in [0.4, 0.5) is 0 Å². The number of hydrogen-bond donors (Lipinski definition) is 2. The first-order chi connectivity index (χ1) is 12.2. The minimum Gasteiger partial charge on any atom is -0.382 e. The van der Waals surface area contributed by atoms with Crippen LogP contribution < -0.4 is 5.73 Å². The van der Waals surface area contributed by atoms with Crippen LogP contribution in [-0.4, -0.2) is 15.2 Å². The lowest BCUT2D eigenvalue weighted by Gasteiger charge is -2.10. The van der Waals surface area contributed by atoms with E-state index in [0.29, 0.717) is 10.6 Å². The fraction of sp³-hybridized carbons (Fsp3) is 0. The molecule has 0 bridgehead atoms. The molecule has 0 fully saturated rings. The number of nitrogens with zero attached hydrogens (tertiary/aromatic N) is 4. The number of fused-ring (bicyclic) bond motifs is 3. The Morgan fingerprint density at radius 1 is 1.08 bits per heavy atom. The maximum absolute atomic E-state index is 6.82. The molecule has 0 aliphatic carbocycles. The Morgan fingerprint density at radius 3 is 2.76 bits per heavy atom. The molecule has 0 atom stereocenters. The van der Waals surface area contributed by atoms with Crippen molar-refractivity contribution in [3.8, 4) is 11.3 Å². The summed E-state index contributed by atoms with van der Waals surface area (Å²) in [4.78, 5) is 4.82. The molecule has 0 aliphatic heterocycles. The number of halogens is 1. The van der Waals surface area contributed by atoms with Crippen molar-refractivity contribution in [3.05, 3.63) is 71.4 Å². The van der Waals surface area contributed by atoms with Gasteiger partial charge in [-0.3, -0.25) is 0 Å². The predicted octanol–water partition coefficient (Wildman–Crippen LogP) is 4.46. The number of benzene rings is 2. The highest BCUT2D eigenvalue weighted by atomic mass is 35.5. The first-order valence-electron chi connectivity index (χ1n) is 7.54. The predicted molar refractivity (Wildman–Crippen MR) is 99.0 cm³/mol. The number of nitrogens with two attached hydrogens (primary N) is 1. The van der Waals surface area contributed by atoms with Crippen LogP contribution in [0.15, 0.2) is 71.1 Å². The van der Waals surface area contributed by atoms with Crippen LogP contribution in [-0.2, 0) is 0 Å². The topological polar surface area (TPSA) is 91.9 Å². The largest absolute Gasteiger partial charge is 0.382 e. The molecule has 0 amide bonds. The van der Waals surface area contributed by atoms with E-state index in [9.17, 15) is 0 Å². The van der Waals surface area contributed by atoms with Crippen molar-refractivity contribution >= 4 is 34.0 Å². The van der Waals surface area contributed by atoms with Gasteiger partial charge in [-0.2, -0.15) is 5.53 Å². The Balaban J connectivity index is 2.03. The zero-order valence-electron chi connectivity index (χ0n) is 13.0. The molecule has 0 saturated heterocycles. The second kappa shape index (κ2) is 5.99. The lowest BCUT2D eigenvalue weighted by Crippen LogP contribution is -2.12. The van der Waals surface area contributed by atoms with Crippen molar-refractivity contribution in [2.45, 2.75) is 0 Å². The van der Waals surface area contributed by atoms with E-state index in [0.717, 1.165) is 27.8 Å². The van der Waals surface area contributed by atoms with Crippen LogP contribution in [0.5, 0.6) is 0 Å². The molecule has 6 nitrogen and oxygen atoms in total. The van der Waals surface area contributed by atoms with E-state index in [4.69, 9.17) is 27.8 Å². The lowest BCUT2D eigenvalue weighted by atomic mass is 10.1. The van der Waals surface area contributed by atoms with Crippen LogP contribution in [0.2, 0.25) is 5.02 Å².